The van der Waals surface area contributed by atoms with Crippen LogP contribution in [0.25, 0.3) is 0 Å². The lowest BCUT2D eigenvalue weighted by Gasteiger charge is -2.26. The second kappa shape index (κ2) is 4.96. The summed E-state index contributed by atoms with van der Waals surface area (Å²) in [5.41, 5.74) is 5.80. The predicted octanol–water partition coefficient (Wildman–Crippen LogP) is 3.67. The third-order valence-electron chi connectivity index (χ3n) is 4.01. The summed E-state index contributed by atoms with van der Waals surface area (Å²) in [6.07, 6.45) is 6.22. The molecule has 1 heterocycles. The molecule has 2 aromatic rings. The Labute approximate surface area is 113 Å². The van der Waals surface area contributed by atoms with Crippen LogP contribution >= 0.6 is 0 Å². The van der Waals surface area contributed by atoms with Crippen LogP contribution in [0.15, 0.2) is 36.5 Å². The number of aldehydes is 1. The van der Waals surface area contributed by atoms with Gasteiger partial charge in [-0.2, -0.15) is 0 Å². The Hall–Kier alpha value is -1.96. The fraction of sp³-hybridized carbons (Fsp3) is 0.294. The van der Waals surface area contributed by atoms with Crippen LogP contribution in [0, 0.1) is 6.92 Å². The van der Waals surface area contributed by atoms with E-state index in [4.69, 9.17) is 0 Å². The van der Waals surface area contributed by atoms with Crippen molar-refractivity contribution >= 4 is 6.29 Å². The number of aromatic nitrogens is 1. The lowest BCUT2D eigenvalue weighted by Crippen LogP contribution is -2.14. The second-order valence-electron chi connectivity index (χ2n) is 5.23. The minimum atomic E-state index is 0.338. The summed E-state index contributed by atoms with van der Waals surface area (Å²) >= 11 is 0. The minimum absolute atomic E-state index is 0.338. The van der Waals surface area contributed by atoms with E-state index < -0.39 is 0 Å². The Morgan fingerprint density at radius 3 is 3.05 bits per heavy atom. The Morgan fingerprint density at radius 1 is 1.32 bits per heavy atom. The zero-order valence-electron chi connectivity index (χ0n) is 11.1. The summed E-state index contributed by atoms with van der Waals surface area (Å²) < 4.78 is 0. The van der Waals surface area contributed by atoms with Crippen LogP contribution in [0.2, 0.25) is 0 Å². The van der Waals surface area contributed by atoms with Crippen molar-refractivity contribution in [3.05, 3.63) is 64.5 Å². The minimum Gasteiger partial charge on any atom is -0.298 e. The van der Waals surface area contributed by atoms with E-state index in [9.17, 15) is 4.79 Å². The third kappa shape index (κ3) is 2.19. The fourth-order valence-electron chi connectivity index (χ4n) is 3.02. The number of pyridine rings is 1. The topological polar surface area (TPSA) is 30.0 Å². The molecule has 3 rings (SSSR count). The lowest BCUT2D eigenvalue weighted by molar-refractivity contribution is 0.112. The molecule has 0 radical (unpaired) electrons. The van der Waals surface area contributed by atoms with Gasteiger partial charge in [0.25, 0.3) is 0 Å². The van der Waals surface area contributed by atoms with Crippen LogP contribution in [0.4, 0.5) is 0 Å². The van der Waals surface area contributed by atoms with E-state index in [1.807, 2.05) is 30.5 Å². The first-order chi connectivity index (χ1) is 9.29. The molecular formula is C17H17NO. The van der Waals surface area contributed by atoms with Crippen molar-refractivity contribution in [3.63, 3.8) is 0 Å². The van der Waals surface area contributed by atoms with Gasteiger partial charge in [-0.25, -0.2) is 0 Å². The highest BCUT2D eigenvalue weighted by Crippen LogP contribution is 2.36. The fourth-order valence-corrected chi connectivity index (χ4v) is 3.02. The normalized spacial score (nSPS) is 17.8. The molecular weight excluding hydrogens is 234 g/mol. The van der Waals surface area contributed by atoms with Crippen LogP contribution in [0.5, 0.6) is 0 Å². The van der Waals surface area contributed by atoms with Crippen LogP contribution in [-0.4, -0.2) is 11.3 Å². The molecule has 0 amide bonds. The molecule has 0 aliphatic heterocycles. The van der Waals surface area contributed by atoms with Gasteiger partial charge in [0.15, 0.2) is 0 Å². The molecule has 0 saturated heterocycles. The van der Waals surface area contributed by atoms with Crippen molar-refractivity contribution in [2.24, 2.45) is 0 Å². The van der Waals surface area contributed by atoms with Gasteiger partial charge in [0.2, 0.25) is 0 Å². The summed E-state index contributed by atoms with van der Waals surface area (Å²) in [5, 5.41) is 0. The molecule has 2 nitrogen and oxygen atoms in total. The number of hydrogen-bond donors (Lipinski definition) is 0. The van der Waals surface area contributed by atoms with Crippen molar-refractivity contribution in [1.82, 2.24) is 4.98 Å². The van der Waals surface area contributed by atoms with Gasteiger partial charge < -0.3 is 0 Å². The maximum atomic E-state index is 11.0. The smallest absolute Gasteiger partial charge is 0.150 e. The maximum Gasteiger partial charge on any atom is 0.150 e. The molecule has 1 aliphatic rings. The molecule has 1 aromatic heterocycles. The van der Waals surface area contributed by atoms with Gasteiger partial charge in [-0.05, 0) is 55.0 Å². The maximum absolute atomic E-state index is 11.0. The number of benzene rings is 1. The SMILES string of the molecule is Cc1ccc(C=O)cc1C1CCCc2cccnc21. The number of carbonyl (C=O) groups is 1. The van der Waals surface area contributed by atoms with E-state index in [-0.39, 0.29) is 0 Å². The van der Waals surface area contributed by atoms with Gasteiger partial charge in [-0.15, -0.1) is 0 Å². The second-order valence-corrected chi connectivity index (χ2v) is 5.23. The van der Waals surface area contributed by atoms with Gasteiger partial charge >= 0.3 is 0 Å². The number of carbonyl (C=O) groups excluding carboxylic acids is 1. The van der Waals surface area contributed by atoms with E-state index in [0.29, 0.717) is 5.92 Å². The Bertz CT molecular complexity index is 618. The number of fused-ring (bicyclic) bond motifs is 1. The number of rotatable bonds is 2. The van der Waals surface area contributed by atoms with E-state index in [0.717, 1.165) is 24.7 Å². The van der Waals surface area contributed by atoms with E-state index >= 15 is 0 Å². The van der Waals surface area contributed by atoms with E-state index in [2.05, 4.69) is 18.0 Å². The monoisotopic (exact) mass is 251 g/mol. The summed E-state index contributed by atoms with van der Waals surface area (Å²) in [6.45, 7) is 2.11. The summed E-state index contributed by atoms with van der Waals surface area (Å²) in [7, 11) is 0. The Balaban J connectivity index is 2.11. The van der Waals surface area contributed by atoms with Crippen LogP contribution in [0.3, 0.4) is 0 Å². The lowest BCUT2D eigenvalue weighted by atomic mass is 9.80. The molecule has 0 saturated carbocycles. The molecule has 1 aromatic carbocycles. The van der Waals surface area contributed by atoms with Crippen molar-refractivity contribution in [2.75, 3.05) is 0 Å². The van der Waals surface area contributed by atoms with Gasteiger partial charge in [-0.3, -0.25) is 9.78 Å². The van der Waals surface area contributed by atoms with Gasteiger partial charge in [0.05, 0.1) is 5.69 Å². The number of nitrogens with zero attached hydrogens (tertiary/aromatic N) is 1. The van der Waals surface area contributed by atoms with Crippen molar-refractivity contribution in [2.45, 2.75) is 32.1 Å². The van der Waals surface area contributed by atoms with Gasteiger partial charge in [0, 0.05) is 17.7 Å². The molecule has 1 atom stereocenters. The summed E-state index contributed by atoms with van der Waals surface area (Å²) in [4.78, 5) is 15.6. The quantitative estimate of drug-likeness (QED) is 0.762. The highest BCUT2D eigenvalue weighted by molar-refractivity contribution is 5.75. The van der Waals surface area contributed by atoms with Crippen LogP contribution < -0.4 is 0 Å². The molecule has 2 heteroatoms. The number of hydrogen-bond acceptors (Lipinski definition) is 2. The van der Waals surface area contributed by atoms with E-state index in [1.54, 1.807) is 0 Å². The largest absolute Gasteiger partial charge is 0.298 e. The van der Waals surface area contributed by atoms with Crippen molar-refractivity contribution < 1.29 is 4.79 Å². The average molecular weight is 251 g/mol. The first kappa shape index (κ1) is 12.1. The Morgan fingerprint density at radius 2 is 2.21 bits per heavy atom. The van der Waals surface area contributed by atoms with Crippen molar-refractivity contribution in [1.29, 1.82) is 0 Å². The zero-order valence-corrected chi connectivity index (χ0v) is 11.1. The molecule has 0 fully saturated rings. The molecule has 96 valence electrons. The first-order valence-electron chi connectivity index (χ1n) is 6.79. The first-order valence-corrected chi connectivity index (χ1v) is 6.79. The molecule has 0 spiro atoms. The van der Waals surface area contributed by atoms with E-state index in [1.165, 1.54) is 28.8 Å². The number of aryl methyl sites for hydroxylation is 2. The highest BCUT2D eigenvalue weighted by Gasteiger charge is 2.24. The molecule has 19 heavy (non-hydrogen) atoms. The summed E-state index contributed by atoms with van der Waals surface area (Å²) in [5.74, 6) is 0.338. The molecule has 0 N–H and O–H groups in total. The predicted molar refractivity (Wildman–Crippen MR) is 75.6 cm³/mol. The summed E-state index contributed by atoms with van der Waals surface area (Å²) in [6, 6.07) is 10.1. The van der Waals surface area contributed by atoms with Crippen LogP contribution in [-0.2, 0) is 6.42 Å². The third-order valence-corrected chi connectivity index (χ3v) is 4.01. The zero-order chi connectivity index (χ0) is 13.2. The molecule has 0 bridgehead atoms. The van der Waals surface area contributed by atoms with Crippen molar-refractivity contribution in [3.8, 4) is 0 Å². The standard InChI is InChI=1S/C17H17NO/c1-12-7-8-13(11-19)10-16(12)15-6-2-4-14-5-3-9-18-17(14)15/h3,5,7-11,15H,2,4,6H2,1H3. The molecule has 1 aliphatic carbocycles. The highest BCUT2D eigenvalue weighted by atomic mass is 16.1. The van der Waals surface area contributed by atoms with Crippen LogP contribution in [0.1, 0.15) is 51.5 Å². The van der Waals surface area contributed by atoms with Gasteiger partial charge in [-0.1, -0.05) is 18.2 Å². The average Bonchev–Trinajstić information content (AvgIpc) is 2.47. The molecule has 1 unspecified atom stereocenters. The Kier molecular flexibility index (Phi) is 3.16. The van der Waals surface area contributed by atoms with Gasteiger partial charge in [0.1, 0.15) is 6.29 Å².